The van der Waals surface area contributed by atoms with Crippen molar-refractivity contribution < 1.29 is 27.2 Å². The lowest BCUT2D eigenvalue weighted by Gasteiger charge is -2.23. The van der Waals surface area contributed by atoms with E-state index in [1.807, 2.05) is 13.8 Å². The van der Waals surface area contributed by atoms with Crippen LogP contribution in [-0.4, -0.2) is 61.2 Å². The molecule has 0 aromatic carbocycles. The molecule has 0 radical (unpaired) electrons. The van der Waals surface area contributed by atoms with E-state index in [4.69, 9.17) is 4.42 Å². The summed E-state index contributed by atoms with van der Waals surface area (Å²) in [5.74, 6) is -1.05. The molecule has 2 atom stereocenters. The topological polar surface area (TPSA) is 126 Å². The Bertz CT molecular complexity index is 893. The van der Waals surface area contributed by atoms with Crippen molar-refractivity contribution >= 4 is 27.6 Å². The van der Waals surface area contributed by atoms with Crippen molar-refractivity contribution in [2.24, 2.45) is 5.92 Å². The highest BCUT2D eigenvalue weighted by Crippen LogP contribution is 2.15. The first-order chi connectivity index (χ1) is 14.5. The molecule has 0 bridgehead atoms. The first kappa shape index (κ1) is 25.1. The molecule has 9 nitrogen and oxygen atoms in total. The highest BCUT2D eigenvalue weighted by Gasteiger charge is 2.33. The average Bonchev–Trinajstić information content (AvgIpc) is 3.01. The highest BCUT2D eigenvalue weighted by molar-refractivity contribution is 7.89. The maximum atomic E-state index is 12.9. The van der Waals surface area contributed by atoms with Crippen LogP contribution in [0.25, 0.3) is 0 Å². The van der Waals surface area contributed by atoms with E-state index in [1.54, 1.807) is 19.9 Å². The van der Waals surface area contributed by atoms with Gasteiger partial charge in [0.15, 0.2) is 11.5 Å². The Hall–Kier alpha value is -2.20. The van der Waals surface area contributed by atoms with Crippen LogP contribution in [0, 0.1) is 12.8 Å². The van der Waals surface area contributed by atoms with Crippen LogP contribution < -0.4 is 10.6 Å². The molecule has 1 saturated heterocycles. The van der Waals surface area contributed by atoms with Gasteiger partial charge in [-0.1, -0.05) is 20.8 Å². The molecule has 0 saturated carbocycles. The van der Waals surface area contributed by atoms with Crippen LogP contribution in [-0.2, 0) is 19.6 Å². The van der Waals surface area contributed by atoms with Gasteiger partial charge in [-0.2, -0.15) is 4.31 Å². The van der Waals surface area contributed by atoms with Crippen molar-refractivity contribution in [3.8, 4) is 0 Å². The van der Waals surface area contributed by atoms with Crippen LogP contribution >= 0.6 is 0 Å². The number of amides is 2. The lowest BCUT2D eigenvalue weighted by Crippen LogP contribution is -2.52. The molecule has 1 fully saturated rings. The largest absolute Gasteiger partial charge is 0.459 e. The van der Waals surface area contributed by atoms with Crippen molar-refractivity contribution in [2.75, 3.05) is 18.8 Å². The number of hydrogen-bond acceptors (Lipinski definition) is 6. The molecule has 174 valence electrons. The van der Waals surface area contributed by atoms with Gasteiger partial charge in [0.25, 0.3) is 5.91 Å². The molecule has 1 aromatic heterocycles. The third-order valence-corrected chi connectivity index (χ3v) is 7.21. The summed E-state index contributed by atoms with van der Waals surface area (Å²) in [6.07, 6.45) is 3.08. The van der Waals surface area contributed by atoms with Crippen molar-refractivity contribution in [3.05, 3.63) is 23.7 Å². The number of carbonyl (C=O) groups is 3. The summed E-state index contributed by atoms with van der Waals surface area (Å²) < 4.78 is 31.1. The summed E-state index contributed by atoms with van der Waals surface area (Å²) in [4.78, 5) is 38.1. The average molecular weight is 456 g/mol. The Morgan fingerprint density at radius 2 is 2.03 bits per heavy atom. The molecule has 31 heavy (non-hydrogen) atoms. The van der Waals surface area contributed by atoms with Crippen molar-refractivity contribution in [1.29, 1.82) is 0 Å². The smallest absolute Gasteiger partial charge is 0.287 e. The Balaban J connectivity index is 2.07. The van der Waals surface area contributed by atoms with Gasteiger partial charge in [-0.05, 0) is 44.6 Å². The highest BCUT2D eigenvalue weighted by atomic mass is 32.2. The van der Waals surface area contributed by atoms with Gasteiger partial charge in [0, 0.05) is 12.1 Å². The van der Waals surface area contributed by atoms with Gasteiger partial charge in [-0.25, -0.2) is 8.42 Å². The van der Waals surface area contributed by atoms with Crippen molar-refractivity contribution in [3.63, 3.8) is 0 Å². The normalized spacial score (nSPS) is 19.1. The summed E-state index contributed by atoms with van der Waals surface area (Å²) in [5.41, 5.74) is 0.661. The Labute approximate surface area is 184 Å². The number of nitrogens with zero attached hydrogens (tertiary/aromatic N) is 1. The van der Waals surface area contributed by atoms with E-state index < -0.39 is 33.9 Å². The minimum Gasteiger partial charge on any atom is -0.459 e. The first-order valence-corrected chi connectivity index (χ1v) is 12.3. The predicted molar refractivity (Wildman–Crippen MR) is 116 cm³/mol. The summed E-state index contributed by atoms with van der Waals surface area (Å²) in [5, 5.41) is 5.43. The van der Waals surface area contributed by atoms with E-state index in [-0.39, 0.29) is 36.3 Å². The zero-order valence-corrected chi connectivity index (χ0v) is 19.5. The predicted octanol–water partition coefficient (Wildman–Crippen LogP) is 1.62. The van der Waals surface area contributed by atoms with E-state index in [0.29, 0.717) is 31.2 Å². The minimum atomic E-state index is -3.49. The van der Waals surface area contributed by atoms with Crippen LogP contribution in [0.15, 0.2) is 16.7 Å². The van der Waals surface area contributed by atoms with E-state index in [9.17, 15) is 22.8 Å². The summed E-state index contributed by atoms with van der Waals surface area (Å²) in [6, 6.07) is 0.0360. The van der Waals surface area contributed by atoms with Crippen LogP contribution in [0.4, 0.5) is 0 Å². The molecular formula is C21H33N3O6S. The number of nitrogens with one attached hydrogen (secondary N) is 2. The minimum absolute atomic E-state index is 0.00794. The van der Waals surface area contributed by atoms with Crippen LogP contribution in [0.1, 0.15) is 62.6 Å². The number of Topliss-reactive ketones (excluding diaryl/α,β-unsaturated/α-hetero) is 1. The van der Waals surface area contributed by atoms with Gasteiger partial charge in [-0.15, -0.1) is 0 Å². The number of sulfonamides is 1. The number of furan rings is 1. The fourth-order valence-corrected chi connectivity index (χ4v) is 5.08. The number of aryl methyl sites for hydroxylation is 1. The second-order valence-corrected chi connectivity index (χ2v) is 10.5. The maximum absolute atomic E-state index is 12.9. The zero-order valence-electron chi connectivity index (χ0n) is 18.6. The quantitative estimate of drug-likeness (QED) is 0.583. The summed E-state index contributed by atoms with van der Waals surface area (Å²) >= 11 is 0. The molecule has 0 aliphatic carbocycles. The maximum Gasteiger partial charge on any atom is 0.287 e. The lowest BCUT2D eigenvalue weighted by molar-refractivity contribution is -0.129. The second-order valence-electron chi connectivity index (χ2n) is 8.41. The zero-order chi connectivity index (χ0) is 23.2. The molecule has 2 heterocycles. The Morgan fingerprint density at radius 3 is 2.61 bits per heavy atom. The fraction of sp³-hybridized carbons (Fsp3) is 0.667. The summed E-state index contributed by atoms with van der Waals surface area (Å²) in [6.45, 7) is 7.37. The first-order valence-electron chi connectivity index (χ1n) is 10.7. The molecule has 1 unspecified atom stereocenters. The van der Waals surface area contributed by atoms with Gasteiger partial charge < -0.3 is 15.1 Å². The molecule has 1 aliphatic rings. The molecule has 2 N–H and O–H groups in total. The van der Waals surface area contributed by atoms with E-state index in [0.717, 1.165) is 0 Å². The molecule has 10 heteroatoms. The van der Waals surface area contributed by atoms with E-state index in [1.165, 1.54) is 10.6 Å². The molecular weight excluding hydrogens is 422 g/mol. The second kappa shape index (κ2) is 10.9. The Kier molecular flexibility index (Phi) is 8.81. The van der Waals surface area contributed by atoms with E-state index >= 15 is 0 Å². The van der Waals surface area contributed by atoms with Gasteiger partial charge >= 0.3 is 0 Å². The molecule has 0 spiro atoms. The monoisotopic (exact) mass is 455 g/mol. The van der Waals surface area contributed by atoms with Gasteiger partial charge in [0.2, 0.25) is 15.9 Å². The summed E-state index contributed by atoms with van der Waals surface area (Å²) in [7, 11) is -3.49. The number of rotatable bonds is 9. The van der Waals surface area contributed by atoms with Crippen molar-refractivity contribution in [1.82, 2.24) is 14.9 Å². The molecule has 2 amide bonds. The number of carbonyl (C=O) groups excluding carboxylic acids is 3. The molecule has 1 aromatic rings. The van der Waals surface area contributed by atoms with E-state index in [2.05, 4.69) is 10.6 Å². The molecule has 2 rings (SSSR count). The third-order valence-electron chi connectivity index (χ3n) is 5.19. The lowest BCUT2D eigenvalue weighted by atomic mass is 10.0. The number of ketones is 1. The fourth-order valence-electron chi connectivity index (χ4n) is 3.58. The SMILES string of the molecule is CCCS(=O)(=O)N1CCCC(NC(=O)[C@H](CC(C)C)NC(=O)c2occc2C)C(=O)C1. The van der Waals surface area contributed by atoms with Crippen LogP contribution in [0.3, 0.4) is 0 Å². The Morgan fingerprint density at radius 1 is 1.32 bits per heavy atom. The van der Waals surface area contributed by atoms with Crippen LogP contribution in [0.5, 0.6) is 0 Å². The third kappa shape index (κ3) is 6.90. The van der Waals surface area contributed by atoms with Crippen molar-refractivity contribution in [2.45, 2.75) is 65.5 Å². The van der Waals surface area contributed by atoms with Gasteiger partial charge in [0.05, 0.1) is 24.6 Å². The van der Waals surface area contributed by atoms with Crippen LogP contribution in [0.2, 0.25) is 0 Å². The number of hydrogen-bond donors (Lipinski definition) is 2. The van der Waals surface area contributed by atoms with Gasteiger partial charge in [-0.3, -0.25) is 14.4 Å². The van der Waals surface area contributed by atoms with Gasteiger partial charge in [0.1, 0.15) is 6.04 Å². The standard InChI is InChI=1S/C21H33N3O6S/c1-5-11-31(28,29)24-9-6-7-16(18(25)13-24)22-20(26)17(12-14(2)3)23-21(27)19-15(4)8-10-30-19/h8,10,14,16-17H,5-7,9,11-13H2,1-4H3,(H,22,26)(H,23,27)/t16?,17-/m0/s1. The molecule has 1 aliphatic heterocycles.